The Hall–Kier alpha value is -1.22. The summed E-state index contributed by atoms with van der Waals surface area (Å²) in [5.41, 5.74) is 2.93. The summed E-state index contributed by atoms with van der Waals surface area (Å²) in [6.07, 6.45) is 3.87. The average molecular weight is 319 g/mol. The molecular formula is C20H33NO2. The molecule has 2 rings (SSSR count). The number of hydrogen-bond acceptors (Lipinski definition) is 3. The van der Waals surface area contributed by atoms with Gasteiger partial charge in [0.1, 0.15) is 11.5 Å². The van der Waals surface area contributed by atoms with Crippen LogP contribution in [0.15, 0.2) is 12.1 Å². The van der Waals surface area contributed by atoms with Crippen LogP contribution in [-0.2, 0) is 6.54 Å². The Kier molecular flexibility index (Phi) is 5.96. The molecule has 1 saturated heterocycles. The Labute approximate surface area is 142 Å². The van der Waals surface area contributed by atoms with Crippen LogP contribution in [0, 0.1) is 5.41 Å². The first-order chi connectivity index (χ1) is 10.9. The first-order valence-electron chi connectivity index (χ1n) is 8.84. The van der Waals surface area contributed by atoms with Crippen LogP contribution in [0.4, 0.5) is 0 Å². The summed E-state index contributed by atoms with van der Waals surface area (Å²) in [4.78, 5) is 2.57. The second kappa shape index (κ2) is 7.57. The monoisotopic (exact) mass is 319 g/mol. The molecule has 1 aromatic carbocycles. The molecule has 0 atom stereocenters. The van der Waals surface area contributed by atoms with Crippen molar-refractivity contribution in [2.45, 2.75) is 59.4 Å². The van der Waals surface area contributed by atoms with Crippen molar-refractivity contribution in [3.8, 4) is 11.5 Å². The third kappa shape index (κ3) is 4.41. The van der Waals surface area contributed by atoms with Crippen molar-refractivity contribution < 1.29 is 9.47 Å². The number of benzene rings is 1. The molecule has 1 aliphatic heterocycles. The minimum absolute atomic E-state index is 0.378. The Morgan fingerprint density at radius 2 is 1.83 bits per heavy atom. The molecule has 3 nitrogen and oxygen atoms in total. The van der Waals surface area contributed by atoms with Crippen LogP contribution in [0.1, 0.15) is 64.0 Å². The number of nitrogens with zero attached hydrogens (tertiary/aromatic N) is 1. The lowest BCUT2D eigenvalue weighted by atomic mass is 9.85. The smallest absolute Gasteiger partial charge is 0.130 e. The van der Waals surface area contributed by atoms with Crippen molar-refractivity contribution in [1.29, 1.82) is 0 Å². The molecule has 0 radical (unpaired) electrons. The SMILES string of the molecule is COc1ccc(CN2CCCC(C)(C)CC2)c(OC)c1C(C)C. The van der Waals surface area contributed by atoms with E-state index < -0.39 is 0 Å². The lowest BCUT2D eigenvalue weighted by molar-refractivity contribution is 0.252. The van der Waals surface area contributed by atoms with E-state index in [4.69, 9.17) is 9.47 Å². The fourth-order valence-electron chi connectivity index (χ4n) is 3.59. The van der Waals surface area contributed by atoms with Crippen molar-refractivity contribution in [2.24, 2.45) is 5.41 Å². The molecule has 0 aliphatic carbocycles. The quantitative estimate of drug-likeness (QED) is 0.775. The predicted octanol–water partition coefficient (Wildman–Crippen LogP) is 4.84. The molecule has 0 amide bonds. The van der Waals surface area contributed by atoms with Gasteiger partial charge in [0.05, 0.1) is 14.2 Å². The van der Waals surface area contributed by atoms with Crippen molar-refractivity contribution >= 4 is 0 Å². The van der Waals surface area contributed by atoms with Gasteiger partial charge in [-0.2, -0.15) is 0 Å². The second-order valence-electron chi connectivity index (χ2n) is 7.82. The molecule has 3 heteroatoms. The number of methoxy groups -OCH3 is 2. The van der Waals surface area contributed by atoms with E-state index >= 15 is 0 Å². The van der Waals surface area contributed by atoms with Gasteiger partial charge in [0.25, 0.3) is 0 Å². The Morgan fingerprint density at radius 1 is 1.09 bits per heavy atom. The van der Waals surface area contributed by atoms with E-state index in [9.17, 15) is 0 Å². The molecule has 0 unspecified atom stereocenters. The van der Waals surface area contributed by atoms with Crippen molar-refractivity contribution in [1.82, 2.24) is 4.90 Å². The van der Waals surface area contributed by atoms with E-state index in [2.05, 4.69) is 44.7 Å². The van der Waals surface area contributed by atoms with E-state index in [1.165, 1.54) is 43.5 Å². The molecule has 0 saturated carbocycles. The first-order valence-corrected chi connectivity index (χ1v) is 8.84. The van der Waals surface area contributed by atoms with Crippen LogP contribution in [0.25, 0.3) is 0 Å². The Bertz CT molecular complexity index is 523. The highest BCUT2D eigenvalue weighted by Crippen LogP contribution is 2.39. The standard InChI is InChI=1S/C20H33NO2/c1-15(2)18-17(22-5)9-8-16(19(18)23-6)14-21-12-7-10-20(3,4)11-13-21/h8-9,15H,7,10-14H2,1-6H3. The normalized spacial score (nSPS) is 18.7. The van der Waals surface area contributed by atoms with Crippen LogP contribution in [0.2, 0.25) is 0 Å². The van der Waals surface area contributed by atoms with Crippen molar-refractivity contribution in [3.05, 3.63) is 23.3 Å². The highest BCUT2D eigenvalue weighted by atomic mass is 16.5. The van der Waals surface area contributed by atoms with Gasteiger partial charge in [-0.1, -0.05) is 33.8 Å². The van der Waals surface area contributed by atoms with Crippen LogP contribution < -0.4 is 9.47 Å². The largest absolute Gasteiger partial charge is 0.496 e. The summed E-state index contributed by atoms with van der Waals surface area (Å²) in [6.45, 7) is 12.5. The number of rotatable bonds is 5. The minimum atomic E-state index is 0.378. The van der Waals surface area contributed by atoms with E-state index in [1.807, 2.05) is 0 Å². The Balaban J connectivity index is 2.24. The van der Waals surface area contributed by atoms with Gasteiger partial charge in [0.15, 0.2) is 0 Å². The summed E-state index contributed by atoms with van der Waals surface area (Å²) in [5, 5.41) is 0. The van der Waals surface area contributed by atoms with E-state index in [0.29, 0.717) is 11.3 Å². The van der Waals surface area contributed by atoms with Gasteiger partial charge in [-0.05, 0) is 49.8 Å². The molecule has 0 N–H and O–H groups in total. The highest BCUT2D eigenvalue weighted by Gasteiger charge is 2.24. The van der Waals surface area contributed by atoms with Crippen LogP contribution >= 0.6 is 0 Å². The first kappa shape index (κ1) is 18.1. The summed E-state index contributed by atoms with van der Waals surface area (Å²) in [5.74, 6) is 2.31. The fraction of sp³-hybridized carbons (Fsp3) is 0.700. The maximum atomic E-state index is 5.79. The zero-order valence-electron chi connectivity index (χ0n) is 15.7. The van der Waals surface area contributed by atoms with Gasteiger partial charge in [0, 0.05) is 17.7 Å². The molecule has 0 spiro atoms. The molecule has 130 valence electrons. The zero-order valence-corrected chi connectivity index (χ0v) is 15.7. The van der Waals surface area contributed by atoms with Crippen molar-refractivity contribution in [2.75, 3.05) is 27.3 Å². The molecule has 1 fully saturated rings. The summed E-state index contributed by atoms with van der Waals surface area (Å²) >= 11 is 0. The molecular weight excluding hydrogens is 286 g/mol. The number of likely N-dealkylation sites (tertiary alicyclic amines) is 1. The fourth-order valence-corrected chi connectivity index (χ4v) is 3.59. The topological polar surface area (TPSA) is 21.7 Å². The second-order valence-corrected chi connectivity index (χ2v) is 7.82. The third-order valence-electron chi connectivity index (χ3n) is 5.07. The van der Waals surface area contributed by atoms with Crippen molar-refractivity contribution in [3.63, 3.8) is 0 Å². The molecule has 1 aromatic rings. The zero-order chi connectivity index (χ0) is 17.0. The van der Waals surface area contributed by atoms with Crippen LogP contribution in [-0.4, -0.2) is 32.2 Å². The number of ether oxygens (including phenoxy) is 2. The predicted molar refractivity (Wildman–Crippen MR) is 96.5 cm³/mol. The van der Waals surface area contributed by atoms with E-state index in [-0.39, 0.29) is 0 Å². The highest BCUT2D eigenvalue weighted by molar-refractivity contribution is 5.51. The molecule has 1 heterocycles. The van der Waals surface area contributed by atoms with Gasteiger partial charge in [-0.3, -0.25) is 4.90 Å². The van der Waals surface area contributed by atoms with Gasteiger partial charge >= 0.3 is 0 Å². The third-order valence-corrected chi connectivity index (χ3v) is 5.07. The van der Waals surface area contributed by atoms with Gasteiger partial charge < -0.3 is 9.47 Å². The lowest BCUT2D eigenvalue weighted by Crippen LogP contribution is -2.25. The summed E-state index contributed by atoms with van der Waals surface area (Å²) in [6, 6.07) is 4.26. The summed E-state index contributed by atoms with van der Waals surface area (Å²) < 4.78 is 11.3. The summed E-state index contributed by atoms with van der Waals surface area (Å²) in [7, 11) is 3.51. The van der Waals surface area contributed by atoms with Crippen LogP contribution in [0.5, 0.6) is 11.5 Å². The minimum Gasteiger partial charge on any atom is -0.496 e. The molecule has 23 heavy (non-hydrogen) atoms. The lowest BCUT2D eigenvalue weighted by Gasteiger charge is -2.25. The molecule has 1 aliphatic rings. The van der Waals surface area contributed by atoms with E-state index in [1.54, 1.807) is 14.2 Å². The number of hydrogen-bond donors (Lipinski definition) is 0. The van der Waals surface area contributed by atoms with Crippen LogP contribution in [0.3, 0.4) is 0 Å². The van der Waals surface area contributed by atoms with Gasteiger partial charge in [-0.15, -0.1) is 0 Å². The maximum absolute atomic E-state index is 5.79. The van der Waals surface area contributed by atoms with Gasteiger partial charge in [0.2, 0.25) is 0 Å². The van der Waals surface area contributed by atoms with E-state index in [0.717, 1.165) is 18.0 Å². The average Bonchev–Trinajstić information content (AvgIpc) is 2.67. The van der Waals surface area contributed by atoms with Gasteiger partial charge in [-0.25, -0.2) is 0 Å². The maximum Gasteiger partial charge on any atom is 0.130 e. The molecule has 0 bridgehead atoms. The Morgan fingerprint density at radius 3 is 2.43 bits per heavy atom. The molecule has 0 aromatic heterocycles.